The lowest BCUT2D eigenvalue weighted by molar-refractivity contribution is -0.150. The van der Waals surface area contributed by atoms with E-state index in [-0.39, 0.29) is 51.2 Å². The van der Waals surface area contributed by atoms with Crippen LogP contribution in [-0.2, 0) is 38.1 Å². The lowest BCUT2D eigenvalue weighted by atomic mass is 10.3. The molecule has 10 nitrogen and oxygen atoms in total. The highest BCUT2D eigenvalue weighted by atomic mass is 16.5. The predicted molar refractivity (Wildman–Crippen MR) is 108 cm³/mol. The molecular weight excluding hydrogens is 396 g/mol. The zero-order chi connectivity index (χ0) is 22.5. The van der Waals surface area contributed by atoms with Gasteiger partial charge in [0.1, 0.15) is 0 Å². The van der Waals surface area contributed by atoms with Gasteiger partial charge in [-0.1, -0.05) is 0 Å². The van der Waals surface area contributed by atoms with E-state index in [1.165, 1.54) is 0 Å². The van der Waals surface area contributed by atoms with Crippen molar-refractivity contribution >= 4 is 23.9 Å². The first-order valence-corrected chi connectivity index (χ1v) is 10.5. The average Bonchev–Trinajstić information content (AvgIpc) is 2.73. The molecule has 0 radical (unpaired) electrons. The summed E-state index contributed by atoms with van der Waals surface area (Å²) >= 11 is 0. The van der Waals surface area contributed by atoms with Crippen LogP contribution in [0.1, 0.15) is 64.2 Å². The fourth-order valence-corrected chi connectivity index (χ4v) is 2.14. The van der Waals surface area contributed by atoms with Crippen molar-refractivity contribution < 1.29 is 38.1 Å². The Morgan fingerprint density at radius 3 is 0.967 bits per heavy atom. The number of carbonyl (C=O) groups excluding carboxylic acids is 4. The molecule has 0 aromatic heterocycles. The Labute approximate surface area is 177 Å². The van der Waals surface area contributed by atoms with Crippen LogP contribution in [0.15, 0.2) is 0 Å². The number of rotatable bonds is 19. The number of nitrogens with two attached hydrogens (primary N) is 2. The van der Waals surface area contributed by atoms with Crippen LogP contribution in [0.2, 0.25) is 0 Å². The van der Waals surface area contributed by atoms with Gasteiger partial charge < -0.3 is 30.4 Å². The van der Waals surface area contributed by atoms with Gasteiger partial charge in [0.15, 0.2) is 0 Å². The van der Waals surface area contributed by atoms with Crippen molar-refractivity contribution in [3.63, 3.8) is 0 Å². The minimum atomic E-state index is -0.476. The lowest BCUT2D eigenvalue weighted by Gasteiger charge is -2.07. The van der Waals surface area contributed by atoms with Crippen LogP contribution in [0.5, 0.6) is 0 Å². The van der Waals surface area contributed by atoms with E-state index < -0.39 is 11.9 Å². The maximum Gasteiger partial charge on any atom is 0.306 e. The maximum atomic E-state index is 11.6. The number of hydrogen-bond donors (Lipinski definition) is 2. The van der Waals surface area contributed by atoms with Gasteiger partial charge in [-0.15, -0.1) is 0 Å². The summed E-state index contributed by atoms with van der Waals surface area (Å²) in [6.07, 6.45) is 4.03. The van der Waals surface area contributed by atoms with Gasteiger partial charge in [0.05, 0.1) is 39.3 Å². The van der Waals surface area contributed by atoms with Crippen molar-refractivity contribution in [2.24, 2.45) is 11.5 Å². The van der Waals surface area contributed by atoms with Crippen LogP contribution >= 0.6 is 0 Å². The van der Waals surface area contributed by atoms with Crippen molar-refractivity contribution in [2.75, 3.05) is 39.5 Å². The molecule has 0 fully saturated rings. The molecule has 0 heterocycles. The van der Waals surface area contributed by atoms with Gasteiger partial charge in [0.25, 0.3) is 0 Å². The number of ether oxygens (including phenoxy) is 4. The van der Waals surface area contributed by atoms with Gasteiger partial charge >= 0.3 is 23.9 Å². The number of carbonyl (C=O) groups is 4. The molecule has 0 amide bonds. The third-order valence-electron chi connectivity index (χ3n) is 3.83. The summed E-state index contributed by atoms with van der Waals surface area (Å²) in [6, 6.07) is 0. The van der Waals surface area contributed by atoms with Gasteiger partial charge in [0, 0.05) is 12.8 Å². The summed E-state index contributed by atoms with van der Waals surface area (Å²) in [7, 11) is 0. The Hall–Kier alpha value is -2.20. The highest BCUT2D eigenvalue weighted by molar-refractivity contribution is 5.77. The molecule has 0 aromatic carbocycles. The Kier molecular flexibility index (Phi) is 18.6. The first kappa shape index (κ1) is 27.8. The van der Waals surface area contributed by atoms with E-state index in [4.69, 9.17) is 30.4 Å². The third kappa shape index (κ3) is 19.1. The molecule has 0 spiro atoms. The Morgan fingerprint density at radius 2 is 0.700 bits per heavy atom. The standard InChI is InChI=1S/C20H36N2O8/c21-11-5-7-17(23)27-13-1-3-15-29-19(25)9-10-20(26)30-16-4-2-14-28-18(24)8-6-12-22/h1-16,21-22H2. The molecule has 0 bridgehead atoms. The first-order valence-electron chi connectivity index (χ1n) is 10.5. The Bertz CT molecular complexity index is 455. The van der Waals surface area contributed by atoms with E-state index in [0.29, 0.717) is 64.5 Å². The van der Waals surface area contributed by atoms with Crippen LogP contribution in [-0.4, -0.2) is 63.4 Å². The van der Waals surface area contributed by atoms with Crippen molar-refractivity contribution in [1.82, 2.24) is 0 Å². The molecule has 0 saturated heterocycles. The Balaban J connectivity index is 3.48. The van der Waals surface area contributed by atoms with Crippen molar-refractivity contribution in [3.8, 4) is 0 Å². The number of hydrogen-bond acceptors (Lipinski definition) is 10. The van der Waals surface area contributed by atoms with Crippen molar-refractivity contribution in [2.45, 2.75) is 64.2 Å². The minimum absolute atomic E-state index is 0.0499. The zero-order valence-corrected chi connectivity index (χ0v) is 17.7. The van der Waals surface area contributed by atoms with Crippen LogP contribution in [0.3, 0.4) is 0 Å². The molecular formula is C20H36N2O8. The SMILES string of the molecule is NCCCC(=O)OCCCCOC(=O)CCC(=O)OCCCCOC(=O)CCCN. The van der Waals surface area contributed by atoms with Crippen molar-refractivity contribution in [1.29, 1.82) is 0 Å². The Morgan fingerprint density at radius 1 is 0.433 bits per heavy atom. The number of unbranched alkanes of at least 4 members (excludes halogenated alkanes) is 2. The molecule has 0 saturated carbocycles. The molecule has 174 valence electrons. The fraction of sp³-hybridized carbons (Fsp3) is 0.800. The molecule has 10 heteroatoms. The van der Waals surface area contributed by atoms with Gasteiger partial charge in [-0.05, 0) is 51.6 Å². The monoisotopic (exact) mass is 432 g/mol. The van der Waals surface area contributed by atoms with Crippen LogP contribution in [0.25, 0.3) is 0 Å². The van der Waals surface area contributed by atoms with Crippen LogP contribution < -0.4 is 11.5 Å². The second-order valence-electron chi connectivity index (χ2n) is 6.58. The van der Waals surface area contributed by atoms with E-state index in [2.05, 4.69) is 0 Å². The summed E-state index contributed by atoms with van der Waals surface area (Å²) in [4.78, 5) is 45.7. The molecule has 0 aliphatic carbocycles. The van der Waals surface area contributed by atoms with E-state index in [1.54, 1.807) is 0 Å². The molecule has 0 atom stereocenters. The summed E-state index contributed by atoms with van der Waals surface area (Å²) in [6.45, 7) is 1.87. The molecule has 0 aromatic rings. The predicted octanol–water partition coefficient (Wildman–Crippen LogP) is 0.978. The minimum Gasteiger partial charge on any atom is -0.466 e. The van der Waals surface area contributed by atoms with E-state index in [9.17, 15) is 19.2 Å². The van der Waals surface area contributed by atoms with E-state index >= 15 is 0 Å². The van der Waals surface area contributed by atoms with Gasteiger partial charge in [-0.25, -0.2) is 0 Å². The second-order valence-corrected chi connectivity index (χ2v) is 6.58. The summed E-state index contributed by atoms with van der Waals surface area (Å²) in [5.74, 6) is -1.51. The molecule has 30 heavy (non-hydrogen) atoms. The molecule has 0 aliphatic rings. The topological polar surface area (TPSA) is 157 Å². The van der Waals surface area contributed by atoms with E-state index in [0.717, 1.165) is 0 Å². The molecule has 4 N–H and O–H groups in total. The summed E-state index contributed by atoms with van der Waals surface area (Å²) in [5.41, 5.74) is 10.6. The second kappa shape index (κ2) is 20.1. The molecule has 0 aliphatic heterocycles. The average molecular weight is 433 g/mol. The van der Waals surface area contributed by atoms with Gasteiger partial charge in [-0.2, -0.15) is 0 Å². The van der Waals surface area contributed by atoms with E-state index in [1.807, 2.05) is 0 Å². The highest BCUT2D eigenvalue weighted by Crippen LogP contribution is 2.01. The molecule has 0 unspecified atom stereocenters. The lowest BCUT2D eigenvalue weighted by Crippen LogP contribution is -2.13. The summed E-state index contributed by atoms with van der Waals surface area (Å²) in [5, 5.41) is 0. The smallest absolute Gasteiger partial charge is 0.306 e. The largest absolute Gasteiger partial charge is 0.466 e. The number of esters is 4. The van der Waals surface area contributed by atoms with Crippen molar-refractivity contribution in [3.05, 3.63) is 0 Å². The zero-order valence-electron chi connectivity index (χ0n) is 17.7. The van der Waals surface area contributed by atoms with Crippen LogP contribution in [0.4, 0.5) is 0 Å². The third-order valence-corrected chi connectivity index (χ3v) is 3.83. The summed E-state index contributed by atoms with van der Waals surface area (Å²) < 4.78 is 20.0. The quantitative estimate of drug-likeness (QED) is 0.171. The fourth-order valence-electron chi connectivity index (χ4n) is 2.14. The molecule has 0 rings (SSSR count). The van der Waals surface area contributed by atoms with Gasteiger partial charge in [-0.3, -0.25) is 19.2 Å². The first-order chi connectivity index (χ1) is 14.5. The highest BCUT2D eigenvalue weighted by Gasteiger charge is 2.09. The normalized spacial score (nSPS) is 10.3. The maximum absolute atomic E-state index is 11.6. The van der Waals surface area contributed by atoms with Crippen LogP contribution in [0, 0.1) is 0 Å². The van der Waals surface area contributed by atoms with Gasteiger partial charge in [0.2, 0.25) is 0 Å².